The molecule has 0 atom stereocenters. The van der Waals surface area contributed by atoms with E-state index in [1.807, 2.05) is 35.2 Å². The van der Waals surface area contributed by atoms with Crippen LogP contribution in [-0.2, 0) is 4.79 Å². The summed E-state index contributed by atoms with van der Waals surface area (Å²) < 4.78 is 0. The summed E-state index contributed by atoms with van der Waals surface area (Å²) in [5.41, 5.74) is 7.38. The first kappa shape index (κ1) is 14.8. The predicted molar refractivity (Wildman–Crippen MR) is 76.6 cm³/mol. The molecule has 1 aromatic rings. The Kier molecular flexibility index (Phi) is 6.23. The zero-order valence-corrected chi connectivity index (χ0v) is 11.2. The highest BCUT2D eigenvalue weighted by molar-refractivity contribution is 5.81. The molecular formula is C14H20N4O. The Labute approximate surface area is 114 Å². The number of carbonyl (C=O) groups excluding carboxylic acids is 1. The van der Waals surface area contributed by atoms with E-state index >= 15 is 0 Å². The molecule has 0 saturated heterocycles. The van der Waals surface area contributed by atoms with Crippen LogP contribution in [0.5, 0.6) is 0 Å². The van der Waals surface area contributed by atoms with Gasteiger partial charge in [-0.05, 0) is 24.6 Å². The smallest absolute Gasteiger partial charge is 0.239 e. The van der Waals surface area contributed by atoms with Gasteiger partial charge in [0.15, 0.2) is 0 Å². The van der Waals surface area contributed by atoms with Crippen LogP contribution in [0.2, 0.25) is 0 Å². The fraction of sp³-hybridized carbons (Fsp3) is 0.429. The van der Waals surface area contributed by atoms with Crippen molar-refractivity contribution in [3.8, 4) is 6.07 Å². The summed E-state index contributed by atoms with van der Waals surface area (Å²) in [5.74, 6) is -0.0777. The predicted octanol–water partition coefficient (Wildman–Crippen LogP) is 1.52. The molecule has 0 fully saturated rings. The Balaban J connectivity index is 2.63. The van der Waals surface area contributed by atoms with E-state index in [-0.39, 0.29) is 12.5 Å². The highest BCUT2D eigenvalue weighted by Gasteiger charge is 2.10. The summed E-state index contributed by atoms with van der Waals surface area (Å²) in [5, 5.41) is 11.2. The van der Waals surface area contributed by atoms with Crippen LogP contribution in [0, 0.1) is 11.3 Å². The molecule has 0 spiro atoms. The molecular weight excluding hydrogens is 240 g/mol. The Morgan fingerprint density at radius 1 is 1.53 bits per heavy atom. The molecule has 0 heterocycles. The Bertz CT molecular complexity index is 453. The minimum atomic E-state index is -0.0777. The number of hydrogen-bond donors (Lipinski definition) is 2. The van der Waals surface area contributed by atoms with Crippen LogP contribution < -0.4 is 16.0 Å². The van der Waals surface area contributed by atoms with Gasteiger partial charge in [0.25, 0.3) is 0 Å². The van der Waals surface area contributed by atoms with E-state index in [1.165, 1.54) is 0 Å². The molecule has 1 aromatic carbocycles. The van der Waals surface area contributed by atoms with Gasteiger partial charge >= 0.3 is 0 Å². The SMILES string of the molecule is CCCN(CC(=O)NCCC#N)c1cccc(N)c1. The zero-order valence-electron chi connectivity index (χ0n) is 11.2. The van der Waals surface area contributed by atoms with Crippen LogP contribution in [0.1, 0.15) is 19.8 Å². The first-order chi connectivity index (χ1) is 9.17. The summed E-state index contributed by atoms with van der Waals surface area (Å²) in [7, 11) is 0. The van der Waals surface area contributed by atoms with E-state index in [0.717, 1.165) is 18.7 Å². The lowest BCUT2D eigenvalue weighted by Gasteiger charge is -2.24. The van der Waals surface area contributed by atoms with Crippen molar-refractivity contribution < 1.29 is 4.79 Å². The van der Waals surface area contributed by atoms with Crippen LogP contribution in [0.3, 0.4) is 0 Å². The normalized spacial score (nSPS) is 9.68. The van der Waals surface area contributed by atoms with Gasteiger partial charge in [0.1, 0.15) is 0 Å². The summed E-state index contributed by atoms with van der Waals surface area (Å²) >= 11 is 0. The second-order valence-electron chi connectivity index (χ2n) is 4.27. The summed E-state index contributed by atoms with van der Waals surface area (Å²) in [6.07, 6.45) is 1.28. The van der Waals surface area contributed by atoms with E-state index in [4.69, 9.17) is 11.0 Å². The lowest BCUT2D eigenvalue weighted by atomic mass is 10.2. The Morgan fingerprint density at radius 2 is 2.32 bits per heavy atom. The molecule has 0 aliphatic rings. The molecule has 0 bridgehead atoms. The topological polar surface area (TPSA) is 82.2 Å². The molecule has 0 aromatic heterocycles. The number of nitrogens with two attached hydrogens (primary N) is 1. The second-order valence-corrected chi connectivity index (χ2v) is 4.27. The first-order valence-electron chi connectivity index (χ1n) is 6.41. The maximum Gasteiger partial charge on any atom is 0.239 e. The van der Waals surface area contributed by atoms with Crippen LogP contribution >= 0.6 is 0 Å². The molecule has 0 aliphatic carbocycles. The molecule has 5 heteroatoms. The van der Waals surface area contributed by atoms with Crippen molar-refractivity contribution in [1.29, 1.82) is 5.26 Å². The van der Waals surface area contributed by atoms with Gasteiger partial charge in [-0.25, -0.2) is 0 Å². The van der Waals surface area contributed by atoms with Crippen molar-refractivity contribution in [3.05, 3.63) is 24.3 Å². The van der Waals surface area contributed by atoms with Gasteiger partial charge in [-0.15, -0.1) is 0 Å². The van der Waals surface area contributed by atoms with Gasteiger partial charge in [0.05, 0.1) is 19.0 Å². The highest BCUT2D eigenvalue weighted by atomic mass is 16.2. The molecule has 102 valence electrons. The third-order valence-corrected chi connectivity index (χ3v) is 2.62. The van der Waals surface area contributed by atoms with Crippen molar-refractivity contribution in [3.63, 3.8) is 0 Å². The van der Waals surface area contributed by atoms with Crippen LogP contribution in [0.4, 0.5) is 11.4 Å². The molecule has 1 amide bonds. The van der Waals surface area contributed by atoms with E-state index in [1.54, 1.807) is 0 Å². The quantitative estimate of drug-likeness (QED) is 0.575. The molecule has 19 heavy (non-hydrogen) atoms. The Morgan fingerprint density at radius 3 is 2.95 bits per heavy atom. The summed E-state index contributed by atoms with van der Waals surface area (Å²) in [6, 6.07) is 9.49. The number of benzene rings is 1. The van der Waals surface area contributed by atoms with E-state index in [0.29, 0.717) is 18.7 Å². The number of anilines is 2. The van der Waals surface area contributed by atoms with E-state index < -0.39 is 0 Å². The number of nitrogen functional groups attached to an aromatic ring is 1. The maximum atomic E-state index is 11.8. The number of nitriles is 1. The molecule has 5 nitrogen and oxygen atoms in total. The van der Waals surface area contributed by atoms with Gasteiger partial charge in [-0.1, -0.05) is 13.0 Å². The fourth-order valence-corrected chi connectivity index (χ4v) is 1.78. The van der Waals surface area contributed by atoms with Crippen molar-refractivity contribution in [2.24, 2.45) is 0 Å². The lowest BCUT2D eigenvalue weighted by molar-refractivity contribution is -0.119. The van der Waals surface area contributed by atoms with Gasteiger partial charge in [-0.3, -0.25) is 4.79 Å². The highest BCUT2D eigenvalue weighted by Crippen LogP contribution is 2.17. The minimum absolute atomic E-state index is 0.0777. The van der Waals surface area contributed by atoms with Gasteiger partial charge < -0.3 is 16.0 Å². The third kappa shape index (κ3) is 5.30. The third-order valence-electron chi connectivity index (χ3n) is 2.62. The number of amides is 1. The fourth-order valence-electron chi connectivity index (χ4n) is 1.78. The number of nitrogens with one attached hydrogen (secondary N) is 1. The molecule has 1 rings (SSSR count). The Hall–Kier alpha value is -2.22. The molecule has 3 N–H and O–H groups in total. The maximum absolute atomic E-state index is 11.8. The number of nitrogens with zero attached hydrogens (tertiary/aromatic N) is 2. The van der Waals surface area contributed by atoms with E-state index in [2.05, 4.69) is 12.2 Å². The molecule has 0 unspecified atom stereocenters. The monoisotopic (exact) mass is 260 g/mol. The standard InChI is InChI=1S/C14H20N4O/c1-2-9-18(11-14(19)17-8-4-7-15)13-6-3-5-12(16)10-13/h3,5-6,10H,2,4,8-9,11,16H2,1H3,(H,17,19). The largest absolute Gasteiger partial charge is 0.399 e. The van der Waals surface area contributed by atoms with Crippen molar-refractivity contribution in [1.82, 2.24) is 5.32 Å². The van der Waals surface area contributed by atoms with Crippen LogP contribution in [-0.4, -0.2) is 25.5 Å². The minimum Gasteiger partial charge on any atom is -0.399 e. The van der Waals surface area contributed by atoms with Crippen molar-refractivity contribution >= 4 is 17.3 Å². The number of hydrogen-bond acceptors (Lipinski definition) is 4. The lowest BCUT2D eigenvalue weighted by Crippen LogP contribution is -2.38. The summed E-state index contributed by atoms with van der Waals surface area (Å²) in [6.45, 7) is 3.52. The molecule has 0 aliphatic heterocycles. The number of rotatable bonds is 7. The van der Waals surface area contributed by atoms with E-state index in [9.17, 15) is 4.79 Å². The second kappa shape index (κ2) is 7.98. The molecule has 0 saturated carbocycles. The van der Waals surface area contributed by atoms with Gasteiger partial charge in [-0.2, -0.15) is 5.26 Å². The average Bonchev–Trinajstić information content (AvgIpc) is 2.38. The zero-order chi connectivity index (χ0) is 14.1. The first-order valence-corrected chi connectivity index (χ1v) is 6.41. The van der Waals surface area contributed by atoms with Crippen LogP contribution in [0.15, 0.2) is 24.3 Å². The van der Waals surface area contributed by atoms with Gasteiger partial charge in [0.2, 0.25) is 5.91 Å². The average molecular weight is 260 g/mol. The number of carbonyl (C=O) groups is 1. The summed E-state index contributed by atoms with van der Waals surface area (Å²) in [4.78, 5) is 13.8. The van der Waals surface area contributed by atoms with Crippen molar-refractivity contribution in [2.45, 2.75) is 19.8 Å². The van der Waals surface area contributed by atoms with Gasteiger partial charge in [0, 0.05) is 24.5 Å². The van der Waals surface area contributed by atoms with Crippen molar-refractivity contribution in [2.75, 3.05) is 30.3 Å². The van der Waals surface area contributed by atoms with Crippen LogP contribution in [0.25, 0.3) is 0 Å². The molecule has 0 radical (unpaired) electrons.